The molecule has 1 aliphatic carbocycles. The molecule has 1 N–H and O–H groups in total. The van der Waals surface area contributed by atoms with Gasteiger partial charge in [-0.1, -0.05) is 0 Å². The van der Waals surface area contributed by atoms with E-state index in [4.69, 9.17) is 9.47 Å². The number of methoxy groups -OCH3 is 1. The summed E-state index contributed by atoms with van der Waals surface area (Å²) in [5.41, 5.74) is -0.594. The van der Waals surface area contributed by atoms with Gasteiger partial charge in [-0.25, -0.2) is 0 Å². The second kappa shape index (κ2) is 6.41. The lowest BCUT2D eigenvalue weighted by Gasteiger charge is -2.36. The van der Waals surface area contributed by atoms with E-state index in [1.54, 1.807) is 0 Å². The minimum atomic E-state index is -0.594. The summed E-state index contributed by atoms with van der Waals surface area (Å²) in [6.07, 6.45) is 4.15. The van der Waals surface area contributed by atoms with Crippen LogP contribution in [-0.2, 0) is 14.3 Å². The van der Waals surface area contributed by atoms with Crippen molar-refractivity contribution in [3.05, 3.63) is 0 Å². The zero-order valence-electron chi connectivity index (χ0n) is 13.1. The number of carbonyl (C=O) groups excluding carboxylic acids is 1. The predicted octanol–water partition coefficient (Wildman–Crippen LogP) is 1.17. The third-order valence-corrected chi connectivity index (χ3v) is 4.62. The molecule has 116 valence electrons. The molecule has 0 aromatic heterocycles. The Morgan fingerprint density at radius 2 is 2.20 bits per heavy atom. The number of nitrogens with one attached hydrogen (secondary N) is 1. The Morgan fingerprint density at radius 1 is 1.50 bits per heavy atom. The molecule has 3 unspecified atom stereocenters. The Labute approximate surface area is 122 Å². The van der Waals surface area contributed by atoms with Gasteiger partial charge in [-0.15, -0.1) is 0 Å². The van der Waals surface area contributed by atoms with E-state index >= 15 is 0 Å². The number of carbonyl (C=O) groups is 1. The van der Waals surface area contributed by atoms with Crippen LogP contribution >= 0.6 is 0 Å². The molecule has 2 aliphatic rings. The number of hydrogen-bond donors (Lipinski definition) is 1. The molecule has 0 amide bonds. The van der Waals surface area contributed by atoms with Gasteiger partial charge in [0.1, 0.15) is 5.54 Å². The second-order valence-corrected chi connectivity index (χ2v) is 6.48. The summed E-state index contributed by atoms with van der Waals surface area (Å²) >= 11 is 0. The van der Waals surface area contributed by atoms with Crippen molar-refractivity contribution in [3.63, 3.8) is 0 Å². The van der Waals surface area contributed by atoms with Crippen molar-refractivity contribution >= 4 is 5.97 Å². The molecule has 1 saturated carbocycles. The Hall–Kier alpha value is -0.650. The van der Waals surface area contributed by atoms with E-state index in [0.717, 1.165) is 38.9 Å². The first-order valence-electron chi connectivity index (χ1n) is 7.62. The van der Waals surface area contributed by atoms with Crippen molar-refractivity contribution in [1.82, 2.24) is 10.2 Å². The lowest BCUT2D eigenvalue weighted by Crippen LogP contribution is -2.55. The first-order chi connectivity index (χ1) is 9.46. The van der Waals surface area contributed by atoms with Gasteiger partial charge >= 0.3 is 5.97 Å². The fourth-order valence-corrected chi connectivity index (χ4v) is 3.04. The van der Waals surface area contributed by atoms with Crippen molar-refractivity contribution in [2.45, 2.75) is 63.2 Å². The van der Waals surface area contributed by atoms with Crippen LogP contribution in [0, 0.1) is 0 Å². The van der Waals surface area contributed by atoms with Crippen molar-refractivity contribution in [1.29, 1.82) is 0 Å². The first kappa shape index (κ1) is 15.7. The Balaban J connectivity index is 1.96. The molecule has 5 heteroatoms. The van der Waals surface area contributed by atoms with E-state index in [9.17, 15) is 4.79 Å². The molecule has 1 saturated heterocycles. The van der Waals surface area contributed by atoms with Crippen LogP contribution in [0.2, 0.25) is 0 Å². The van der Waals surface area contributed by atoms with Crippen LogP contribution in [0.3, 0.4) is 0 Å². The third kappa shape index (κ3) is 3.71. The minimum absolute atomic E-state index is 0.160. The number of rotatable bonds is 7. The standard InChI is InChI=1S/C15H28N2O3/c1-11(17(3)13-7-8-20-10-13)9-15(2,14(18)19-4)16-12-5-6-12/h11-13,16H,5-10H2,1-4H3. The van der Waals surface area contributed by atoms with E-state index in [-0.39, 0.29) is 5.97 Å². The fraction of sp³-hybridized carbons (Fsp3) is 0.933. The van der Waals surface area contributed by atoms with Gasteiger partial charge in [0, 0.05) is 24.7 Å². The Morgan fingerprint density at radius 3 is 2.70 bits per heavy atom. The van der Waals surface area contributed by atoms with Crippen LogP contribution in [0.25, 0.3) is 0 Å². The average Bonchev–Trinajstić information content (AvgIpc) is 3.06. The lowest BCUT2D eigenvalue weighted by molar-refractivity contribution is -0.149. The van der Waals surface area contributed by atoms with Crippen LogP contribution in [0.5, 0.6) is 0 Å². The van der Waals surface area contributed by atoms with Crippen molar-refractivity contribution in [2.75, 3.05) is 27.4 Å². The molecule has 2 fully saturated rings. The third-order valence-electron chi connectivity index (χ3n) is 4.62. The predicted molar refractivity (Wildman–Crippen MR) is 77.6 cm³/mol. The average molecular weight is 284 g/mol. The molecule has 1 heterocycles. The molecule has 20 heavy (non-hydrogen) atoms. The van der Waals surface area contributed by atoms with E-state index in [0.29, 0.717) is 18.1 Å². The van der Waals surface area contributed by atoms with E-state index in [1.807, 2.05) is 6.92 Å². The van der Waals surface area contributed by atoms with E-state index in [1.165, 1.54) is 7.11 Å². The molecule has 2 rings (SSSR count). The summed E-state index contributed by atoms with van der Waals surface area (Å²) in [4.78, 5) is 14.5. The van der Waals surface area contributed by atoms with Crippen LogP contribution in [0.4, 0.5) is 0 Å². The molecule has 0 aromatic carbocycles. The van der Waals surface area contributed by atoms with Crippen LogP contribution < -0.4 is 5.32 Å². The van der Waals surface area contributed by atoms with Crippen LogP contribution in [0.1, 0.15) is 39.5 Å². The summed E-state index contributed by atoms with van der Waals surface area (Å²) in [5, 5.41) is 3.46. The largest absolute Gasteiger partial charge is 0.468 e. The van der Waals surface area contributed by atoms with E-state index in [2.05, 4.69) is 24.2 Å². The highest BCUT2D eigenvalue weighted by Gasteiger charge is 2.41. The van der Waals surface area contributed by atoms with Crippen molar-refractivity contribution < 1.29 is 14.3 Å². The van der Waals surface area contributed by atoms with Gasteiger partial charge in [0.05, 0.1) is 13.7 Å². The van der Waals surface area contributed by atoms with Gasteiger partial charge in [-0.05, 0) is 46.6 Å². The maximum absolute atomic E-state index is 12.1. The van der Waals surface area contributed by atoms with Gasteiger partial charge in [0.25, 0.3) is 0 Å². The number of nitrogens with zero attached hydrogens (tertiary/aromatic N) is 1. The quantitative estimate of drug-likeness (QED) is 0.711. The highest BCUT2D eigenvalue weighted by atomic mass is 16.5. The summed E-state index contributed by atoms with van der Waals surface area (Å²) < 4.78 is 10.5. The SMILES string of the molecule is COC(=O)C(C)(CC(C)N(C)C1CCOC1)NC1CC1. The maximum Gasteiger partial charge on any atom is 0.325 e. The van der Waals surface area contributed by atoms with Gasteiger partial charge < -0.3 is 9.47 Å². The summed E-state index contributed by atoms with van der Waals surface area (Å²) in [6.45, 7) is 5.78. The molecular weight excluding hydrogens is 256 g/mol. The second-order valence-electron chi connectivity index (χ2n) is 6.48. The first-order valence-corrected chi connectivity index (χ1v) is 7.62. The Bertz CT molecular complexity index is 340. The number of ether oxygens (including phenoxy) is 2. The molecule has 0 spiro atoms. The normalized spacial score (nSPS) is 27.4. The molecule has 5 nitrogen and oxygen atoms in total. The van der Waals surface area contributed by atoms with Gasteiger partial charge in [0.15, 0.2) is 0 Å². The summed E-state index contributed by atoms with van der Waals surface area (Å²) in [5.74, 6) is -0.160. The zero-order chi connectivity index (χ0) is 14.8. The Kier molecular flexibility index (Phi) is 5.04. The van der Waals surface area contributed by atoms with Gasteiger partial charge in [0.2, 0.25) is 0 Å². The minimum Gasteiger partial charge on any atom is -0.468 e. The summed E-state index contributed by atoms with van der Waals surface area (Å²) in [7, 11) is 3.59. The molecule has 3 atom stereocenters. The molecule has 0 radical (unpaired) electrons. The fourth-order valence-electron chi connectivity index (χ4n) is 3.04. The van der Waals surface area contributed by atoms with Crippen molar-refractivity contribution in [3.8, 4) is 0 Å². The summed E-state index contributed by atoms with van der Waals surface area (Å²) in [6, 6.07) is 1.25. The molecular formula is C15H28N2O3. The highest BCUT2D eigenvalue weighted by molar-refractivity contribution is 5.80. The monoisotopic (exact) mass is 284 g/mol. The van der Waals surface area contributed by atoms with Crippen molar-refractivity contribution in [2.24, 2.45) is 0 Å². The van der Waals surface area contributed by atoms with Crippen LogP contribution in [-0.4, -0.2) is 61.9 Å². The van der Waals surface area contributed by atoms with Gasteiger partial charge in [-0.2, -0.15) is 0 Å². The molecule has 0 bridgehead atoms. The zero-order valence-corrected chi connectivity index (χ0v) is 13.1. The molecule has 1 aliphatic heterocycles. The lowest BCUT2D eigenvalue weighted by atomic mass is 9.92. The van der Waals surface area contributed by atoms with Crippen LogP contribution in [0.15, 0.2) is 0 Å². The molecule has 0 aromatic rings. The number of esters is 1. The smallest absolute Gasteiger partial charge is 0.325 e. The number of likely N-dealkylation sites (N-methyl/N-ethyl adjacent to an activating group) is 1. The number of hydrogen-bond acceptors (Lipinski definition) is 5. The highest BCUT2D eigenvalue weighted by Crippen LogP contribution is 2.27. The maximum atomic E-state index is 12.1. The van der Waals surface area contributed by atoms with E-state index < -0.39 is 5.54 Å². The van der Waals surface area contributed by atoms with Gasteiger partial charge in [-0.3, -0.25) is 15.0 Å². The topological polar surface area (TPSA) is 50.8 Å².